The van der Waals surface area contributed by atoms with Crippen molar-refractivity contribution in [2.24, 2.45) is 0 Å². The molecule has 2 heterocycles. The molecule has 1 saturated heterocycles. The third kappa shape index (κ3) is 2.88. The maximum absolute atomic E-state index is 5.94. The lowest BCUT2D eigenvalue weighted by molar-refractivity contribution is 0.633. The maximum atomic E-state index is 5.94. The van der Waals surface area contributed by atoms with Crippen LogP contribution >= 0.6 is 11.8 Å². The summed E-state index contributed by atoms with van der Waals surface area (Å²) >= 11 is 2.04. The standard InChI is InChI=1S/C13H22N4S/c1-9-11(14)15-10(2)16-12(9)17-6-5-13(3,4)18-8-7-17/h5-8H2,1-4H3,(H2,14,15,16). The lowest BCUT2D eigenvalue weighted by Gasteiger charge is -2.25. The van der Waals surface area contributed by atoms with Crippen molar-refractivity contribution in [3.05, 3.63) is 11.4 Å². The Hall–Kier alpha value is -0.970. The zero-order valence-electron chi connectivity index (χ0n) is 11.7. The van der Waals surface area contributed by atoms with Crippen molar-refractivity contribution in [1.29, 1.82) is 0 Å². The van der Waals surface area contributed by atoms with Crippen molar-refractivity contribution in [3.8, 4) is 0 Å². The summed E-state index contributed by atoms with van der Waals surface area (Å²) in [6.45, 7) is 10.6. The Labute approximate surface area is 113 Å². The molecule has 2 rings (SSSR count). The predicted octanol–water partition coefficient (Wildman–Crippen LogP) is 2.40. The van der Waals surface area contributed by atoms with Gasteiger partial charge in [0.1, 0.15) is 17.5 Å². The first-order chi connectivity index (χ1) is 8.39. The second kappa shape index (κ2) is 4.96. The highest BCUT2D eigenvalue weighted by Crippen LogP contribution is 2.33. The molecule has 1 aliphatic heterocycles. The molecule has 0 unspecified atom stereocenters. The van der Waals surface area contributed by atoms with Crippen LogP contribution in [0.3, 0.4) is 0 Å². The third-order valence-corrected chi connectivity index (χ3v) is 4.78. The van der Waals surface area contributed by atoms with E-state index in [9.17, 15) is 0 Å². The monoisotopic (exact) mass is 266 g/mol. The molecule has 1 aromatic rings. The molecular formula is C13H22N4S. The van der Waals surface area contributed by atoms with Crippen LogP contribution in [0.1, 0.15) is 31.7 Å². The van der Waals surface area contributed by atoms with E-state index in [1.54, 1.807) is 0 Å². The lowest BCUT2D eigenvalue weighted by atomic mass is 10.1. The van der Waals surface area contributed by atoms with E-state index in [1.807, 2.05) is 25.6 Å². The van der Waals surface area contributed by atoms with Gasteiger partial charge in [-0.15, -0.1) is 0 Å². The van der Waals surface area contributed by atoms with Crippen LogP contribution in [0.25, 0.3) is 0 Å². The van der Waals surface area contributed by atoms with Crippen molar-refractivity contribution in [1.82, 2.24) is 9.97 Å². The zero-order valence-corrected chi connectivity index (χ0v) is 12.5. The maximum Gasteiger partial charge on any atom is 0.137 e. The summed E-state index contributed by atoms with van der Waals surface area (Å²) in [5.74, 6) is 3.51. The summed E-state index contributed by atoms with van der Waals surface area (Å²) in [5.41, 5.74) is 6.94. The van der Waals surface area contributed by atoms with E-state index in [0.29, 0.717) is 10.6 Å². The quantitative estimate of drug-likeness (QED) is 0.846. The van der Waals surface area contributed by atoms with Crippen LogP contribution in [0.5, 0.6) is 0 Å². The predicted molar refractivity (Wildman–Crippen MR) is 79.3 cm³/mol. The van der Waals surface area contributed by atoms with Gasteiger partial charge in [-0.25, -0.2) is 9.97 Å². The van der Waals surface area contributed by atoms with Gasteiger partial charge in [-0.05, 0) is 20.3 Å². The molecule has 0 bridgehead atoms. The molecule has 0 amide bonds. The first-order valence-electron chi connectivity index (χ1n) is 6.39. The van der Waals surface area contributed by atoms with Crippen LogP contribution < -0.4 is 10.6 Å². The van der Waals surface area contributed by atoms with E-state index < -0.39 is 0 Å². The van der Waals surface area contributed by atoms with E-state index in [2.05, 4.69) is 28.7 Å². The molecule has 4 nitrogen and oxygen atoms in total. The number of aromatic nitrogens is 2. The number of nitrogen functional groups attached to an aromatic ring is 1. The topological polar surface area (TPSA) is 55.0 Å². The first-order valence-corrected chi connectivity index (χ1v) is 7.37. The first kappa shape index (κ1) is 13.5. The minimum atomic E-state index is 0.357. The zero-order chi connectivity index (χ0) is 13.3. The molecule has 1 fully saturated rings. The van der Waals surface area contributed by atoms with Crippen LogP contribution in [-0.2, 0) is 0 Å². The fourth-order valence-electron chi connectivity index (χ4n) is 2.17. The number of nitrogens with zero attached hydrogens (tertiary/aromatic N) is 3. The van der Waals surface area contributed by atoms with Gasteiger partial charge in [-0.1, -0.05) is 13.8 Å². The smallest absolute Gasteiger partial charge is 0.137 e. The molecule has 2 N–H and O–H groups in total. The number of nitrogens with two attached hydrogens (primary N) is 1. The Balaban J connectivity index is 2.26. The van der Waals surface area contributed by atoms with Crippen molar-refractivity contribution >= 4 is 23.4 Å². The fraction of sp³-hybridized carbons (Fsp3) is 0.692. The minimum Gasteiger partial charge on any atom is -0.383 e. The van der Waals surface area contributed by atoms with Crippen molar-refractivity contribution < 1.29 is 0 Å². The lowest BCUT2D eigenvalue weighted by Crippen LogP contribution is -2.29. The van der Waals surface area contributed by atoms with Gasteiger partial charge in [0, 0.05) is 29.2 Å². The van der Waals surface area contributed by atoms with Crippen molar-refractivity contribution in [2.45, 2.75) is 38.9 Å². The Bertz CT molecular complexity index is 445. The van der Waals surface area contributed by atoms with E-state index in [1.165, 1.54) is 6.42 Å². The highest BCUT2D eigenvalue weighted by molar-refractivity contribution is 8.00. The summed E-state index contributed by atoms with van der Waals surface area (Å²) in [7, 11) is 0. The van der Waals surface area contributed by atoms with Gasteiger partial charge in [0.2, 0.25) is 0 Å². The second-order valence-corrected chi connectivity index (χ2v) is 7.25. The summed E-state index contributed by atoms with van der Waals surface area (Å²) in [4.78, 5) is 11.1. The molecule has 100 valence electrons. The number of hydrogen-bond donors (Lipinski definition) is 1. The number of anilines is 2. The average molecular weight is 266 g/mol. The molecule has 0 spiro atoms. The van der Waals surface area contributed by atoms with E-state index >= 15 is 0 Å². The third-order valence-electron chi connectivity index (χ3n) is 3.41. The Kier molecular flexibility index (Phi) is 3.71. The molecule has 0 atom stereocenters. The number of hydrogen-bond acceptors (Lipinski definition) is 5. The highest BCUT2D eigenvalue weighted by atomic mass is 32.2. The molecule has 18 heavy (non-hydrogen) atoms. The molecule has 1 aliphatic rings. The molecule has 5 heteroatoms. The number of aryl methyl sites for hydroxylation is 1. The van der Waals surface area contributed by atoms with Crippen molar-refractivity contribution in [3.63, 3.8) is 0 Å². The Morgan fingerprint density at radius 2 is 1.94 bits per heavy atom. The summed E-state index contributed by atoms with van der Waals surface area (Å²) < 4.78 is 0.357. The van der Waals surface area contributed by atoms with Crippen LogP contribution in [0.4, 0.5) is 11.6 Å². The van der Waals surface area contributed by atoms with Gasteiger partial charge >= 0.3 is 0 Å². The van der Waals surface area contributed by atoms with Gasteiger partial charge in [0.05, 0.1) is 0 Å². The molecule has 0 radical (unpaired) electrons. The van der Waals surface area contributed by atoms with Gasteiger partial charge in [-0.2, -0.15) is 11.8 Å². The normalized spacial score (nSPS) is 19.7. The van der Waals surface area contributed by atoms with Crippen molar-refractivity contribution in [2.75, 3.05) is 29.5 Å². The molecule has 0 aliphatic carbocycles. The van der Waals surface area contributed by atoms with Gasteiger partial charge in [-0.3, -0.25) is 0 Å². The molecule has 0 saturated carbocycles. The van der Waals surface area contributed by atoms with Crippen LogP contribution in [0, 0.1) is 13.8 Å². The molecule has 0 aromatic carbocycles. The Morgan fingerprint density at radius 3 is 2.67 bits per heavy atom. The summed E-state index contributed by atoms with van der Waals surface area (Å²) in [6.07, 6.45) is 1.17. The van der Waals surface area contributed by atoms with Gasteiger partial charge in [0.25, 0.3) is 0 Å². The van der Waals surface area contributed by atoms with Gasteiger partial charge < -0.3 is 10.6 Å². The number of rotatable bonds is 1. The van der Waals surface area contributed by atoms with Crippen LogP contribution in [-0.4, -0.2) is 33.6 Å². The average Bonchev–Trinajstić information content (AvgIpc) is 2.45. The second-order valence-electron chi connectivity index (χ2n) is 5.45. The molecule has 1 aromatic heterocycles. The highest BCUT2D eigenvalue weighted by Gasteiger charge is 2.25. The fourth-order valence-corrected chi connectivity index (χ4v) is 3.27. The summed E-state index contributed by atoms with van der Waals surface area (Å²) in [6, 6.07) is 0. The Morgan fingerprint density at radius 1 is 1.22 bits per heavy atom. The largest absolute Gasteiger partial charge is 0.383 e. The van der Waals surface area contributed by atoms with Gasteiger partial charge in [0.15, 0.2) is 0 Å². The molecular weight excluding hydrogens is 244 g/mol. The minimum absolute atomic E-state index is 0.357. The van der Waals surface area contributed by atoms with E-state index in [-0.39, 0.29) is 0 Å². The SMILES string of the molecule is Cc1nc(N)c(C)c(N2CCSC(C)(C)CC2)n1. The van der Waals surface area contributed by atoms with Crippen LogP contribution in [0.15, 0.2) is 0 Å². The van der Waals surface area contributed by atoms with E-state index in [0.717, 1.165) is 36.0 Å². The van der Waals surface area contributed by atoms with E-state index in [4.69, 9.17) is 5.73 Å². The van der Waals surface area contributed by atoms with Crippen LogP contribution in [0.2, 0.25) is 0 Å². The number of thioether (sulfide) groups is 1. The summed E-state index contributed by atoms with van der Waals surface area (Å²) in [5, 5.41) is 0.